The van der Waals surface area contributed by atoms with Crippen LogP contribution in [0.1, 0.15) is 5.56 Å². The molecule has 0 aromatic heterocycles. The van der Waals surface area contributed by atoms with E-state index >= 15 is 0 Å². The Labute approximate surface area is 99.5 Å². The lowest BCUT2D eigenvalue weighted by atomic mass is 10.1. The summed E-state index contributed by atoms with van der Waals surface area (Å²) in [6, 6.07) is 3.63. The van der Waals surface area contributed by atoms with Crippen molar-refractivity contribution in [2.45, 2.75) is 0 Å². The first-order valence-corrected chi connectivity index (χ1v) is 5.34. The predicted octanol–water partition coefficient (Wildman–Crippen LogP) is 1.36. The first kappa shape index (κ1) is 11.0. The number of benzene rings is 1. The highest BCUT2D eigenvalue weighted by Gasteiger charge is 2.17. The molecule has 1 N–H and O–H groups in total. The summed E-state index contributed by atoms with van der Waals surface area (Å²) in [6.45, 7) is 1.29. The molecule has 0 saturated heterocycles. The van der Waals surface area contributed by atoms with Crippen molar-refractivity contribution in [2.24, 2.45) is 0 Å². The highest BCUT2D eigenvalue weighted by atomic mass is 32.1. The zero-order valence-electron chi connectivity index (χ0n) is 9.20. The van der Waals surface area contributed by atoms with Crippen LogP contribution in [0.3, 0.4) is 0 Å². The molecule has 86 valence electrons. The van der Waals surface area contributed by atoms with Gasteiger partial charge < -0.3 is 19.5 Å². The predicted molar refractivity (Wildman–Crippen MR) is 64.7 cm³/mol. The number of methoxy groups -OCH3 is 2. The Morgan fingerprint density at radius 3 is 2.62 bits per heavy atom. The molecule has 1 aliphatic heterocycles. The van der Waals surface area contributed by atoms with Gasteiger partial charge in [-0.3, -0.25) is 0 Å². The first-order valence-electron chi connectivity index (χ1n) is 4.93. The van der Waals surface area contributed by atoms with Gasteiger partial charge in [-0.2, -0.15) is 0 Å². The fraction of sp³-hybridized carbons (Fsp3) is 0.364. The van der Waals surface area contributed by atoms with Gasteiger partial charge in [-0.25, -0.2) is 0 Å². The Morgan fingerprint density at radius 1 is 1.25 bits per heavy atom. The molecule has 0 atom stereocenters. The van der Waals surface area contributed by atoms with Gasteiger partial charge in [-0.05, 0) is 6.07 Å². The van der Waals surface area contributed by atoms with Crippen LogP contribution in [0.15, 0.2) is 12.1 Å². The van der Waals surface area contributed by atoms with Crippen LogP contribution in [0, 0.1) is 0 Å². The molecule has 0 spiro atoms. The molecule has 16 heavy (non-hydrogen) atoms. The topological polar surface area (TPSA) is 39.7 Å². The van der Waals surface area contributed by atoms with E-state index < -0.39 is 0 Å². The van der Waals surface area contributed by atoms with Crippen LogP contribution in [0.5, 0.6) is 17.2 Å². The molecule has 4 nitrogen and oxygen atoms in total. The molecule has 0 aliphatic carbocycles. The molecular weight excluding hydrogens is 226 g/mol. The van der Waals surface area contributed by atoms with Gasteiger partial charge in [-0.1, -0.05) is 12.2 Å². The van der Waals surface area contributed by atoms with Crippen LogP contribution in [0.4, 0.5) is 0 Å². The number of ether oxygens (including phenoxy) is 3. The molecule has 0 amide bonds. The highest BCUT2D eigenvalue weighted by molar-refractivity contribution is 7.80. The van der Waals surface area contributed by atoms with Crippen molar-refractivity contribution in [1.82, 2.24) is 5.32 Å². The smallest absolute Gasteiger partial charge is 0.164 e. The van der Waals surface area contributed by atoms with Gasteiger partial charge in [0.05, 0.1) is 19.8 Å². The van der Waals surface area contributed by atoms with E-state index in [1.165, 1.54) is 0 Å². The van der Waals surface area contributed by atoms with Gasteiger partial charge in [0, 0.05) is 12.6 Å². The second kappa shape index (κ2) is 4.57. The summed E-state index contributed by atoms with van der Waals surface area (Å²) in [7, 11) is 3.19. The minimum absolute atomic E-state index is 0.586. The average molecular weight is 239 g/mol. The van der Waals surface area contributed by atoms with Crippen molar-refractivity contribution in [3.8, 4) is 17.2 Å². The molecule has 1 heterocycles. The van der Waals surface area contributed by atoms with Gasteiger partial charge in [0.25, 0.3) is 0 Å². The Kier molecular flexibility index (Phi) is 3.14. The zero-order chi connectivity index (χ0) is 11.5. The fourth-order valence-electron chi connectivity index (χ4n) is 1.58. The van der Waals surface area contributed by atoms with Crippen molar-refractivity contribution in [1.29, 1.82) is 0 Å². The third-order valence-corrected chi connectivity index (χ3v) is 2.74. The van der Waals surface area contributed by atoms with Gasteiger partial charge in [0.2, 0.25) is 0 Å². The number of thiocarbonyl (C=S) groups is 1. The number of nitrogens with one attached hydrogen (secondary N) is 1. The van der Waals surface area contributed by atoms with Crippen molar-refractivity contribution >= 4 is 17.2 Å². The van der Waals surface area contributed by atoms with Crippen LogP contribution in [-0.4, -0.2) is 32.4 Å². The molecular formula is C11H13NO3S. The number of hydrogen-bond acceptors (Lipinski definition) is 4. The van der Waals surface area contributed by atoms with E-state index in [4.69, 9.17) is 26.4 Å². The van der Waals surface area contributed by atoms with Gasteiger partial charge >= 0.3 is 0 Å². The summed E-state index contributed by atoms with van der Waals surface area (Å²) < 4.78 is 16.0. The molecule has 0 bridgehead atoms. The van der Waals surface area contributed by atoms with E-state index in [1.807, 2.05) is 6.07 Å². The summed E-state index contributed by atoms with van der Waals surface area (Å²) in [4.78, 5) is 0.674. The number of hydrogen-bond donors (Lipinski definition) is 1. The molecule has 0 fully saturated rings. The van der Waals surface area contributed by atoms with Gasteiger partial charge in [0.1, 0.15) is 17.3 Å². The number of rotatable bonds is 2. The quantitative estimate of drug-likeness (QED) is 0.789. The minimum atomic E-state index is 0.586. The molecule has 1 aromatic carbocycles. The summed E-state index contributed by atoms with van der Waals surface area (Å²) in [5.74, 6) is 2.02. The molecule has 1 aromatic rings. The Bertz CT molecular complexity index is 420. The molecule has 0 unspecified atom stereocenters. The zero-order valence-corrected chi connectivity index (χ0v) is 10.0. The van der Waals surface area contributed by atoms with E-state index in [9.17, 15) is 0 Å². The van der Waals surface area contributed by atoms with Crippen molar-refractivity contribution in [3.63, 3.8) is 0 Å². The van der Waals surface area contributed by atoms with Crippen molar-refractivity contribution in [2.75, 3.05) is 27.4 Å². The Hall–Kier alpha value is -1.49. The lowest BCUT2D eigenvalue weighted by Crippen LogP contribution is -2.23. The monoisotopic (exact) mass is 239 g/mol. The lowest BCUT2D eigenvalue weighted by Gasteiger charge is -2.12. The summed E-state index contributed by atoms with van der Waals surface area (Å²) in [6.07, 6.45) is 0. The van der Waals surface area contributed by atoms with Gasteiger partial charge in [-0.15, -0.1) is 0 Å². The van der Waals surface area contributed by atoms with E-state index in [0.717, 1.165) is 11.3 Å². The van der Waals surface area contributed by atoms with E-state index in [-0.39, 0.29) is 0 Å². The summed E-state index contributed by atoms with van der Waals surface area (Å²) in [5.41, 5.74) is 0.838. The van der Waals surface area contributed by atoms with Gasteiger partial charge in [0.15, 0.2) is 11.5 Å². The summed E-state index contributed by atoms with van der Waals surface area (Å²) >= 11 is 5.25. The third kappa shape index (κ3) is 1.90. The molecule has 0 saturated carbocycles. The maximum Gasteiger partial charge on any atom is 0.164 e. The van der Waals surface area contributed by atoms with Crippen molar-refractivity contribution in [3.05, 3.63) is 17.7 Å². The SMILES string of the molecule is COc1cc2c(cc1OC)C(=S)NCCO2. The molecule has 1 aliphatic rings. The normalized spacial score (nSPS) is 14.2. The Morgan fingerprint density at radius 2 is 1.94 bits per heavy atom. The van der Waals surface area contributed by atoms with Crippen LogP contribution < -0.4 is 19.5 Å². The summed E-state index contributed by atoms with van der Waals surface area (Å²) in [5, 5.41) is 3.10. The van der Waals surface area contributed by atoms with Crippen LogP contribution >= 0.6 is 12.2 Å². The van der Waals surface area contributed by atoms with Crippen LogP contribution in [0.25, 0.3) is 0 Å². The maximum absolute atomic E-state index is 5.58. The maximum atomic E-state index is 5.58. The third-order valence-electron chi connectivity index (χ3n) is 2.38. The van der Waals surface area contributed by atoms with E-state index in [0.29, 0.717) is 29.6 Å². The highest BCUT2D eigenvalue weighted by Crippen LogP contribution is 2.35. The second-order valence-corrected chi connectivity index (χ2v) is 3.72. The molecule has 0 radical (unpaired) electrons. The first-order chi connectivity index (χ1) is 7.76. The molecule has 2 rings (SSSR count). The van der Waals surface area contributed by atoms with Crippen LogP contribution in [0.2, 0.25) is 0 Å². The fourth-order valence-corrected chi connectivity index (χ4v) is 1.84. The van der Waals surface area contributed by atoms with Crippen molar-refractivity contribution < 1.29 is 14.2 Å². The second-order valence-electron chi connectivity index (χ2n) is 3.31. The average Bonchev–Trinajstić information content (AvgIpc) is 2.49. The minimum Gasteiger partial charge on any atom is -0.493 e. The van der Waals surface area contributed by atoms with E-state index in [1.54, 1.807) is 20.3 Å². The standard InChI is InChI=1S/C11H13NO3S/c1-13-9-5-7-8(6-10(9)14-2)15-4-3-12-11(7)16/h5-6H,3-4H2,1-2H3,(H,12,16). The largest absolute Gasteiger partial charge is 0.493 e. The lowest BCUT2D eigenvalue weighted by molar-refractivity contribution is 0.319. The van der Waals surface area contributed by atoms with Crippen LogP contribution in [-0.2, 0) is 0 Å². The number of fused-ring (bicyclic) bond motifs is 1. The Balaban J connectivity index is 2.51. The van der Waals surface area contributed by atoms with E-state index in [2.05, 4.69) is 5.32 Å². The molecule has 5 heteroatoms.